The van der Waals surface area contributed by atoms with Crippen LogP contribution in [0.2, 0.25) is 0 Å². The van der Waals surface area contributed by atoms with E-state index in [0.29, 0.717) is 34.8 Å². The largest absolute Gasteiger partial charge is 0.494 e. The monoisotopic (exact) mass is 576 g/mol. The predicted octanol–water partition coefficient (Wildman–Crippen LogP) is 5.71. The fraction of sp³-hybridized carbons (Fsp3) is 0.200. The van der Waals surface area contributed by atoms with Crippen molar-refractivity contribution in [3.63, 3.8) is 0 Å². The second kappa shape index (κ2) is 13.6. The Balaban J connectivity index is 0.00000423. The zero-order valence-electron chi connectivity index (χ0n) is 23.6. The summed E-state index contributed by atoms with van der Waals surface area (Å²) in [7, 11) is 0. The van der Waals surface area contributed by atoms with Gasteiger partial charge in [0, 0.05) is 0 Å². The molecule has 5 rings (SSSR count). The van der Waals surface area contributed by atoms with E-state index in [4.69, 9.17) is 15.5 Å². The van der Waals surface area contributed by atoms with Crippen molar-refractivity contribution < 1.29 is 14.3 Å². The van der Waals surface area contributed by atoms with Crippen LogP contribution in [0.5, 0.6) is 5.75 Å². The molecule has 0 unspecified atom stereocenters. The first-order chi connectivity index (χ1) is 20.4. The summed E-state index contributed by atoms with van der Waals surface area (Å²) in [5.41, 5.74) is 9.28. The lowest BCUT2D eigenvalue weighted by atomic mass is 10.0. The maximum absolute atomic E-state index is 13.8. The van der Waals surface area contributed by atoms with Gasteiger partial charge >= 0.3 is 0 Å². The van der Waals surface area contributed by atoms with Crippen LogP contribution in [0.25, 0.3) is 27.7 Å². The van der Waals surface area contributed by atoms with Crippen molar-refractivity contribution in [2.45, 2.75) is 33.7 Å². The normalized spacial score (nSPS) is 11.4. The maximum atomic E-state index is 13.8. The van der Waals surface area contributed by atoms with Crippen LogP contribution in [0, 0.1) is 0 Å². The number of benzene rings is 4. The summed E-state index contributed by atoms with van der Waals surface area (Å²) in [5.74, 6) is 0.0122. The molecule has 0 aliphatic rings. The topological polar surface area (TPSA) is 108 Å². The lowest BCUT2D eigenvalue weighted by molar-refractivity contribution is -0.137. The number of para-hydroxylation sites is 1. The second-order valence-electron chi connectivity index (χ2n) is 9.96. The number of nitrogens with zero attached hydrogens (tertiary/aromatic N) is 3. The van der Waals surface area contributed by atoms with Gasteiger partial charge in [0.15, 0.2) is 0 Å². The molecule has 0 aliphatic heterocycles. The van der Waals surface area contributed by atoms with Crippen molar-refractivity contribution in [2.75, 3.05) is 13.2 Å². The number of nitrogens with two attached hydrogens (primary N) is 1. The Bertz CT molecular complexity index is 1760. The number of fused-ring (bicyclic) bond motifs is 1. The highest BCUT2D eigenvalue weighted by Crippen LogP contribution is 2.25. The fourth-order valence-electron chi connectivity index (χ4n) is 5.01. The Morgan fingerprint density at radius 3 is 2.16 bits per heavy atom. The number of primary amides is 1. The van der Waals surface area contributed by atoms with Gasteiger partial charge in [-0.3, -0.25) is 19.0 Å². The minimum atomic E-state index is -0.752. The standard InChI is InChI=1S/C34H32N4O4.CH4/c1-3-42-28-19-17-27(18-20-28)38-33(36-30-12-8-7-11-29(30)34(38)41)23(2)37(22-31(35)39)32(40)21-24-13-15-26(16-14-24)25-9-5-4-6-10-25;/h4-20,23H,3,21-22H2,1-2H3,(H2,35,39);1H4/t23-;/m1./s1. The van der Waals surface area contributed by atoms with Gasteiger partial charge in [-0.1, -0.05) is 74.2 Å². The van der Waals surface area contributed by atoms with Crippen LogP contribution in [-0.2, 0) is 16.0 Å². The molecule has 5 aromatic rings. The van der Waals surface area contributed by atoms with Gasteiger partial charge in [-0.25, -0.2) is 4.98 Å². The van der Waals surface area contributed by atoms with Crippen LogP contribution in [0.3, 0.4) is 0 Å². The Hall–Kier alpha value is -5.24. The van der Waals surface area contributed by atoms with Gasteiger partial charge < -0.3 is 15.4 Å². The van der Waals surface area contributed by atoms with Crippen LogP contribution in [0.4, 0.5) is 0 Å². The average Bonchev–Trinajstić information content (AvgIpc) is 3.01. The molecule has 220 valence electrons. The van der Waals surface area contributed by atoms with Gasteiger partial charge in [-0.15, -0.1) is 0 Å². The van der Waals surface area contributed by atoms with Crippen LogP contribution >= 0.6 is 0 Å². The lowest BCUT2D eigenvalue weighted by Crippen LogP contribution is -2.42. The average molecular weight is 577 g/mol. The van der Waals surface area contributed by atoms with E-state index in [2.05, 4.69) is 0 Å². The van der Waals surface area contributed by atoms with Gasteiger partial charge in [0.2, 0.25) is 11.8 Å². The Morgan fingerprint density at radius 2 is 1.51 bits per heavy atom. The summed E-state index contributed by atoms with van der Waals surface area (Å²) in [6.45, 7) is 3.83. The molecule has 8 nitrogen and oxygen atoms in total. The summed E-state index contributed by atoms with van der Waals surface area (Å²) < 4.78 is 7.05. The highest BCUT2D eigenvalue weighted by Gasteiger charge is 2.28. The third kappa shape index (κ3) is 6.81. The number of carbonyl (C=O) groups excluding carboxylic acids is 2. The van der Waals surface area contributed by atoms with E-state index in [1.54, 1.807) is 55.5 Å². The van der Waals surface area contributed by atoms with Crippen molar-refractivity contribution in [2.24, 2.45) is 5.73 Å². The van der Waals surface area contributed by atoms with E-state index in [1.807, 2.05) is 61.5 Å². The van der Waals surface area contributed by atoms with Crippen molar-refractivity contribution in [3.05, 3.63) is 125 Å². The van der Waals surface area contributed by atoms with Gasteiger partial charge in [-0.05, 0) is 66.9 Å². The molecule has 0 bridgehead atoms. The molecule has 1 atom stereocenters. The number of hydrogen-bond donors (Lipinski definition) is 1. The van der Waals surface area contributed by atoms with E-state index in [9.17, 15) is 14.4 Å². The molecule has 0 aliphatic carbocycles. The molecular weight excluding hydrogens is 540 g/mol. The summed E-state index contributed by atoms with van der Waals surface area (Å²) in [6, 6.07) is 31.1. The van der Waals surface area contributed by atoms with Crippen molar-refractivity contribution in [1.29, 1.82) is 0 Å². The number of amides is 2. The van der Waals surface area contributed by atoms with E-state index in [1.165, 1.54) is 9.47 Å². The highest BCUT2D eigenvalue weighted by molar-refractivity contribution is 5.85. The SMILES string of the molecule is C.CCOc1ccc(-n2c([C@@H](C)N(CC(N)=O)C(=O)Cc3ccc(-c4ccccc4)cc3)nc3ccccc3c2=O)cc1. The van der Waals surface area contributed by atoms with E-state index >= 15 is 0 Å². The van der Waals surface area contributed by atoms with Crippen LogP contribution in [0.1, 0.15) is 38.7 Å². The molecular formula is C35H36N4O4. The molecule has 0 radical (unpaired) electrons. The fourth-order valence-corrected chi connectivity index (χ4v) is 5.01. The van der Waals surface area contributed by atoms with Gasteiger partial charge in [0.25, 0.3) is 5.56 Å². The number of rotatable bonds is 10. The summed E-state index contributed by atoms with van der Waals surface area (Å²) >= 11 is 0. The van der Waals surface area contributed by atoms with Crippen LogP contribution in [0.15, 0.2) is 108 Å². The number of ether oxygens (including phenoxy) is 1. The van der Waals surface area contributed by atoms with Crippen molar-refractivity contribution >= 4 is 22.7 Å². The predicted molar refractivity (Wildman–Crippen MR) is 170 cm³/mol. The van der Waals surface area contributed by atoms with Gasteiger partial charge in [0.05, 0.1) is 35.7 Å². The van der Waals surface area contributed by atoms with Crippen molar-refractivity contribution in [1.82, 2.24) is 14.5 Å². The molecule has 2 amide bonds. The molecule has 0 spiro atoms. The zero-order chi connectivity index (χ0) is 29.6. The molecule has 43 heavy (non-hydrogen) atoms. The second-order valence-corrected chi connectivity index (χ2v) is 9.96. The van der Waals surface area contributed by atoms with Crippen LogP contribution < -0.4 is 16.0 Å². The lowest BCUT2D eigenvalue weighted by Gasteiger charge is -2.30. The number of aromatic nitrogens is 2. The van der Waals surface area contributed by atoms with E-state index in [0.717, 1.165) is 16.7 Å². The molecule has 8 heteroatoms. The highest BCUT2D eigenvalue weighted by atomic mass is 16.5. The van der Waals surface area contributed by atoms with E-state index < -0.39 is 11.9 Å². The molecule has 0 saturated heterocycles. The molecule has 2 N–H and O–H groups in total. The first-order valence-electron chi connectivity index (χ1n) is 13.8. The first-order valence-corrected chi connectivity index (χ1v) is 13.8. The third-order valence-corrected chi connectivity index (χ3v) is 7.11. The quantitative estimate of drug-likeness (QED) is 0.229. The molecule has 4 aromatic carbocycles. The smallest absolute Gasteiger partial charge is 0.266 e. The minimum Gasteiger partial charge on any atom is -0.494 e. The Kier molecular flexibility index (Phi) is 9.72. The molecule has 1 aromatic heterocycles. The van der Waals surface area contributed by atoms with Gasteiger partial charge in [0.1, 0.15) is 18.1 Å². The summed E-state index contributed by atoms with van der Waals surface area (Å²) in [4.78, 5) is 45.9. The molecule has 1 heterocycles. The maximum Gasteiger partial charge on any atom is 0.266 e. The van der Waals surface area contributed by atoms with Gasteiger partial charge in [-0.2, -0.15) is 0 Å². The van der Waals surface area contributed by atoms with E-state index in [-0.39, 0.29) is 31.9 Å². The Labute approximate surface area is 251 Å². The Morgan fingerprint density at radius 1 is 0.884 bits per heavy atom. The first kappa shape index (κ1) is 30.7. The minimum absolute atomic E-state index is 0. The summed E-state index contributed by atoms with van der Waals surface area (Å²) in [6.07, 6.45) is 0.0492. The molecule has 0 fully saturated rings. The zero-order valence-corrected chi connectivity index (χ0v) is 23.6. The molecule has 0 saturated carbocycles. The third-order valence-electron chi connectivity index (χ3n) is 7.11. The number of carbonyl (C=O) groups is 2. The number of hydrogen-bond acceptors (Lipinski definition) is 5. The van der Waals surface area contributed by atoms with Crippen molar-refractivity contribution in [3.8, 4) is 22.6 Å². The summed E-state index contributed by atoms with van der Waals surface area (Å²) in [5, 5.41) is 0.439. The van der Waals surface area contributed by atoms with Crippen LogP contribution in [-0.4, -0.2) is 39.4 Å².